The summed E-state index contributed by atoms with van der Waals surface area (Å²) in [5, 5.41) is 5.61. The third kappa shape index (κ3) is 6.90. The first-order valence-corrected chi connectivity index (χ1v) is 8.06. The number of halogens is 2. The monoisotopic (exact) mass is 378 g/mol. The summed E-state index contributed by atoms with van der Waals surface area (Å²) in [7, 11) is 0. The van der Waals surface area contributed by atoms with Crippen molar-refractivity contribution < 1.29 is 23.5 Å². The standard InChI is InChI=1S/C18H16ClFN2O4/c19-12-1-5-14(6-2-12)21-16(23)9-10-18(25)26-11-17(24)22-15-7-3-13(20)4-8-15/h1-8H,9-11H2,(H,21,23)(H,22,24). The van der Waals surface area contributed by atoms with E-state index in [9.17, 15) is 18.8 Å². The van der Waals surface area contributed by atoms with Crippen LogP contribution in [0.15, 0.2) is 48.5 Å². The van der Waals surface area contributed by atoms with E-state index in [0.29, 0.717) is 16.4 Å². The molecule has 2 aromatic rings. The predicted molar refractivity (Wildman–Crippen MR) is 95.3 cm³/mol. The largest absolute Gasteiger partial charge is 0.456 e. The lowest BCUT2D eigenvalue weighted by Gasteiger charge is -2.07. The van der Waals surface area contributed by atoms with Gasteiger partial charge >= 0.3 is 5.97 Å². The summed E-state index contributed by atoms with van der Waals surface area (Å²) in [5.41, 5.74) is 0.946. The molecule has 0 aromatic heterocycles. The van der Waals surface area contributed by atoms with Crippen LogP contribution in [0.25, 0.3) is 0 Å². The number of carbonyl (C=O) groups is 3. The molecule has 2 amide bonds. The Labute approximate surface area is 154 Å². The molecule has 0 aliphatic heterocycles. The Kier molecular flexibility index (Phi) is 7.11. The summed E-state index contributed by atoms with van der Waals surface area (Å²) in [5.74, 6) is -2.02. The van der Waals surface area contributed by atoms with Crippen LogP contribution in [-0.4, -0.2) is 24.4 Å². The van der Waals surface area contributed by atoms with Crippen molar-refractivity contribution in [3.63, 3.8) is 0 Å². The van der Waals surface area contributed by atoms with Gasteiger partial charge in [0.1, 0.15) is 5.82 Å². The molecule has 0 heterocycles. The molecule has 26 heavy (non-hydrogen) atoms. The van der Waals surface area contributed by atoms with Gasteiger partial charge in [-0.15, -0.1) is 0 Å². The number of amides is 2. The first-order valence-electron chi connectivity index (χ1n) is 7.69. The van der Waals surface area contributed by atoms with Crippen molar-refractivity contribution in [2.24, 2.45) is 0 Å². The van der Waals surface area contributed by atoms with E-state index in [4.69, 9.17) is 16.3 Å². The first kappa shape index (κ1) is 19.4. The van der Waals surface area contributed by atoms with Crippen molar-refractivity contribution in [2.45, 2.75) is 12.8 Å². The number of ether oxygens (including phenoxy) is 1. The summed E-state index contributed by atoms with van der Waals surface area (Å²) in [6.07, 6.45) is -0.246. The summed E-state index contributed by atoms with van der Waals surface area (Å²) in [6, 6.07) is 11.7. The van der Waals surface area contributed by atoms with E-state index >= 15 is 0 Å². The van der Waals surface area contributed by atoms with Gasteiger partial charge in [0.05, 0.1) is 6.42 Å². The fraction of sp³-hybridized carbons (Fsp3) is 0.167. The highest BCUT2D eigenvalue weighted by Gasteiger charge is 2.11. The van der Waals surface area contributed by atoms with Gasteiger partial charge in [-0.2, -0.15) is 0 Å². The van der Waals surface area contributed by atoms with Gasteiger partial charge in [0.25, 0.3) is 5.91 Å². The molecule has 0 spiro atoms. The molecule has 0 aliphatic rings. The van der Waals surface area contributed by atoms with Crippen LogP contribution in [0, 0.1) is 5.82 Å². The van der Waals surface area contributed by atoms with Gasteiger partial charge in [0.15, 0.2) is 6.61 Å². The summed E-state index contributed by atoms with van der Waals surface area (Å²) >= 11 is 5.75. The Morgan fingerprint density at radius 3 is 2.00 bits per heavy atom. The summed E-state index contributed by atoms with van der Waals surface area (Å²) < 4.78 is 17.6. The van der Waals surface area contributed by atoms with Gasteiger partial charge in [-0.05, 0) is 48.5 Å². The average molecular weight is 379 g/mol. The van der Waals surface area contributed by atoms with Crippen LogP contribution in [0.1, 0.15) is 12.8 Å². The number of esters is 1. The number of hydrogen-bond acceptors (Lipinski definition) is 4. The second-order valence-electron chi connectivity index (χ2n) is 5.27. The van der Waals surface area contributed by atoms with Crippen LogP contribution in [0.4, 0.5) is 15.8 Å². The Morgan fingerprint density at radius 2 is 1.38 bits per heavy atom. The second kappa shape index (κ2) is 9.53. The molecule has 0 fully saturated rings. The van der Waals surface area contributed by atoms with E-state index < -0.39 is 24.3 Å². The van der Waals surface area contributed by atoms with Crippen molar-refractivity contribution in [3.05, 3.63) is 59.4 Å². The number of anilines is 2. The third-order valence-corrected chi connectivity index (χ3v) is 3.43. The highest BCUT2D eigenvalue weighted by molar-refractivity contribution is 6.30. The van der Waals surface area contributed by atoms with Gasteiger partial charge in [-0.25, -0.2) is 4.39 Å². The molecule has 0 aliphatic carbocycles. The smallest absolute Gasteiger partial charge is 0.306 e. The van der Waals surface area contributed by atoms with Crippen LogP contribution >= 0.6 is 11.6 Å². The molecule has 0 saturated heterocycles. The van der Waals surface area contributed by atoms with Crippen LogP contribution in [-0.2, 0) is 19.1 Å². The minimum Gasteiger partial charge on any atom is -0.456 e. The fourth-order valence-corrected chi connectivity index (χ4v) is 2.05. The minimum absolute atomic E-state index is 0.0823. The zero-order valence-corrected chi connectivity index (χ0v) is 14.4. The molecule has 0 atom stereocenters. The number of carbonyl (C=O) groups excluding carboxylic acids is 3. The maximum atomic E-state index is 12.8. The fourth-order valence-electron chi connectivity index (χ4n) is 1.92. The van der Waals surface area contributed by atoms with Gasteiger partial charge in [0, 0.05) is 22.8 Å². The Hall–Kier alpha value is -2.93. The molecule has 0 bridgehead atoms. The van der Waals surface area contributed by atoms with E-state index in [1.54, 1.807) is 24.3 Å². The molecule has 8 heteroatoms. The molecule has 2 N–H and O–H groups in total. The molecule has 2 aromatic carbocycles. The molecule has 0 unspecified atom stereocenters. The summed E-state index contributed by atoms with van der Waals surface area (Å²) in [6.45, 7) is -0.491. The van der Waals surface area contributed by atoms with Gasteiger partial charge in [0.2, 0.25) is 5.91 Å². The average Bonchev–Trinajstić information content (AvgIpc) is 2.62. The number of hydrogen-bond donors (Lipinski definition) is 2. The van der Waals surface area contributed by atoms with Gasteiger partial charge in [-0.3, -0.25) is 14.4 Å². The Bertz CT molecular complexity index is 713. The quantitative estimate of drug-likeness (QED) is 0.723. The highest BCUT2D eigenvalue weighted by Crippen LogP contribution is 2.13. The summed E-state index contributed by atoms with van der Waals surface area (Å²) in [4.78, 5) is 35.0. The lowest BCUT2D eigenvalue weighted by molar-refractivity contribution is -0.147. The van der Waals surface area contributed by atoms with E-state index in [1.165, 1.54) is 24.3 Å². The maximum absolute atomic E-state index is 12.8. The lowest BCUT2D eigenvalue weighted by atomic mass is 10.2. The van der Waals surface area contributed by atoms with Crippen LogP contribution in [0.2, 0.25) is 5.02 Å². The minimum atomic E-state index is -0.675. The Balaban J connectivity index is 1.66. The van der Waals surface area contributed by atoms with Crippen molar-refractivity contribution in [3.8, 4) is 0 Å². The van der Waals surface area contributed by atoms with E-state index in [0.717, 1.165) is 0 Å². The van der Waals surface area contributed by atoms with Gasteiger partial charge in [-0.1, -0.05) is 11.6 Å². The predicted octanol–water partition coefficient (Wildman–Crippen LogP) is 3.38. The number of nitrogens with one attached hydrogen (secondary N) is 2. The normalized spacial score (nSPS) is 10.1. The zero-order valence-electron chi connectivity index (χ0n) is 13.6. The van der Waals surface area contributed by atoms with Crippen LogP contribution in [0.5, 0.6) is 0 Å². The second-order valence-corrected chi connectivity index (χ2v) is 5.71. The van der Waals surface area contributed by atoms with Crippen molar-refractivity contribution in [1.82, 2.24) is 0 Å². The van der Waals surface area contributed by atoms with Crippen LogP contribution in [0.3, 0.4) is 0 Å². The molecule has 6 nitrogen and oxygen atoms in total. The van der Waals surface area contributed by atoms with Crippen molar-refractivity contribution in [2.75, 3.05) is 17.2 Å². The zero-order chi connectivity index (χ0) is 18.9. The number of rotatable bonds is 7. The molecule has 136 valence electrons. The molecular formula is C18H16ClFN2O4. The molecule has 0 radical (unpaired) electrons. The first-order chi connectivity index (χ1) is 12.4. The SMILES string of the molecule is O=C(CCC(=O)OCC(=O)Nc1ccc(F)cc1)Nc1ccc(Cl)cc1. The highest BCUT2D eigenvalue weighted by atomic mass is 35.5. The topological polar surface area (TPSA) is 84.5 Å². The molecular weight excluding hydrogens is 363 g/mol. The van der Waals surface area contributed by atoms with E-state index in [1.807, 2.05) is 0 Å². The maximum Gasteiger partial charge on any atom is 0.306 e. The van der Waals surface area contributed by atoms with Gasteiger partial charge < -0.3 is 15.4 Å². The third-order valence-electron chi connectivity index (χ3n) is 3.18. The van der Waals surface area contributed by atoms with E-state index in [-0.39, 0.29) is 18.7 Å². The molecule has 0 saturated carbocycles. The number of benzene rings is 2. The molecule has 2 rings (SSSR count). The van der Waals surface area contributed by atoms with Crippen molar-refractivity contribution in [1.29, 1.82) is 0 Å². The van der Waals surface area contributed by atoms with E-state index in [2.05, 4.69) is 10.6 Å². The Morgan fingerprint density at radius 1 is 0.846 bits per heavy atom. The van der Waals surface area contributed by atoms with Crippen molar-refractivity contribution >= 4 is 40.8 Å². The van der Waals surface area contributed by atoms with Crippen LogP contribution < -0.4 is 10.6 Å². The lowest BCUT2D eigenvalue weighted by Crippen LogP contribution is -2.21.